The molecule has 1 nitrogen and oxygen atoms in total. The fourth-order valence-electron chi connectivity index (χ4n) is 3.82. The number of halogens is 3. The Morgan fingerprint density at radius 2 is 1.58 bits per heavy atom. The first-order chi connectivity index (χ1) is 12.5. The van der Waals surface area contributed by atoms with Gasteiger partial charge in [-0.3, -0.25) is 0 Å². The van der Waals surface area contributed by atoms with E-state index in [1.807, 2.05) is 6.08 Å². The number of benzene rings is 1. The van der Waals surface area contributed by atoms with Crippen LogP contribution in [0.4, 0.5) is 13.2 Å². The first-order valence-electron chi connectivity index (χ1n) is 9.98. The molecule has 0 saturated heterocycles. The number of ether oxygens (including phenoxy) is 1. The van der Waals surface area contributed by atoms with E-state index >= 15 is 0 Å². The second kappa shape index (κ2) is 10.6. The van der Waals surface area contributed by atoms with E-state index in [1.54, 1.807) is 12.1 Å². The quantitative estimate of drug-likeness (QED) is 0.405. The highest BCUT2D eigenvalue weighted by molar-refractivity contribution is 5.50. The van der Waals surface area contributed by atoms with Crippen molar-refractivity contribution in [3.05, 3.63) is 35.9 Å². The van der Waals surface area contributed by atoms with Crippen LogP contribution in [0.15, 0.2) is 30.3 Å². The van der Waals surface area contributed by atoms with Crippen LogP contribution in [0.2, 0.25) is 0 Å². The Balaban J connectivity index is 1.64. The van der Waals surface area contributed by atoms with Crippen molar-refractivity contribution >= 4 is 6.08 Å². The van der Waals surface area contributed by atoms with Crippen LogP contribution in [0.5, 0.6) is 5.75 Å². The van der Waals surface area contributed by atoms with Gasteiger partial charge in [-0.2, -0.15) is 0 Å². The van der Waals surface area contributed by atoms with Gasteiger partial charge in [0.05, 0.1) is 0 Å². The summed E-state index contributed by atoms with van der Waals surface area (Å²) in [6.45, 7) is 2.26. The maximum Gasteiger partial charge on any atom is 0.573 e. The predicted molar refractivity (Wildman–Crippen MR) is 101 cm³/mol. The highest BCUT2D eigenvalue weighted by Gasteiger charge is 2.30. The van der Waals surface area contributed by atoms with Gasteiger partial charge < -0.3 is 4.74 Å². The summed E-state index contributed by atoms with van der Waals surface area (Å²) in [5, 5.41) is 0. The van der Waals surface area contributed by atoms with Gasteiger partial charge in [0, 0.05) is 0 Å². The number of unbranched alkanes of at least 4 members (excludes halogenated alkanes) is 2. The molecule has 0 unspecified atom stereocenters. The van der Waals surface area contributed by atoms with Crippen LogP contribution in [0.25, 0.3) is 6.08 Å². The Bertz CT molecular complexity index is 525. The molecule has 2 rings (SSSR count). The Labute approximate surface area is 155 Å². The summed E-state index contributed by atoms with van der Waals surface area (Å²) in [5.41, 5.74) is 0.902. The molecule has 0 amide bonds. The minimum absolute atomic E-state index is 0.176. The molecule has 0 aliphatic heterocycles. The summed E-state index contributed by atoms with van der Waals surface area (Å²) in [6, 6.07) is 6.01. The summed E-state index contributed by atoms with van der Waals surface area (Å²) < 4.78 is 40.3. The van der Waals surface area contributed by atoms with Gasteiger partial charge in [-0.1, -0.05) is 82.6 Å². The molecule has 0 radical (unpaired) electrons. The molecular weight excluding hydrogens is 337 g/mol. The zero-order chi connectivity index (χ0) is 18.8. The molecule has 0 N–H and O–H groups in total. The maximum absolute atomic E-state index is 12.1. The van der Waals surface area contributed by atoms with Crippen molar-refractivity contribution in [1.82, 2.24) is 0 Å². The molecule has 0 spiro atoms. The van der Waals surface area contributed by atoms with Gasteiger partial charge in [0.25, 0.3) is 0 Å². The Hall–Kier alpha value is -1.45. The summed E-state index contributed by atoms with van der Waals surface area (Å²) in [5.74, 6) is 1.61. The van der Waals surface area contributed by atoms with Crippen LogP contribution < -0.4 is 4.74 Å². The fourth-order valence-corrected chi connectivity index (χ4v) is 3.82. The minimum atomic E-state index is -4.63. The average molecular weight is 368 g/mol. The van der Waals surface area contributed by atoms with E-state index < -0.39 is 6.36 Å². The van der Waals surface area contributed by atoms with Gasteiger partial charge >= 0.3 is 6.36 Å². The van der Waals surface area contributed by atoms with E-state index in [1.165, 1.54) is 69.9 Å². The van der Waals surface area contributed by atoms with Gasteiger partial charge in [-0.05, 0) is 42.4 Å². The fraction of sp³-hybridized carbons (Fsp3) is 0.636. The lowest BCUT2D eigenvalue weighted by Gasteiger charge is -2.28. The topological polar surface area (TPSA) is 9.23 Å². The molecule has 1 aromatic carbocycles. The monoisotopic (exact) mass is 368 g/mol. The summed E-state index contributed by atoms with van der Waals surface area (Å²) in [6.07, 6.45) is 12.7. The number of rotatable bonds is 9. The van der Waals surface area contributed by atoms with Crippen LogP contribution in [-0.4, -0.2) is 6.36 Å². The molecule has 1 aliphatic rings. The Morgan fingerprint density at radius 1 is 0.962 bits per heavy atom. The van der Waals surface area contributed by atoms with Crippen LogP contribution in [0, 0.1) is 11.8 Å². The van der Waals surface area contributed by atoms with E-state index in [0.717, 1.165) is 23.8 Å². The van der Waals surface area contributed by atoms with Gasteiger partial charge in [0.2, 0.25) is 0 Å². The lowest BCUT2D eigenvalue weighted by atomic mass is 9.78. The standard InChI is InChI=1S/C22H31F3O/c1-2-3-4-7-18-10-12-19(13-11-18)8-5-6-9-20-14-16-21(17-15-20)26-22(23,24)25/h6,9,14-19H,2-5,7-8,10-13H2,1H3. The Kier molecular flexibility index (Phi) is 8.53. The van der Waals surface area contributed by atoms with Crippen LogP contribution in [0.3, 0.4) is 0 Å². The van der Waals surface area contributed by atoms with E-state index in [4.69, 9.17) is 0 Å². The second-order valence-corrected chi connectivity index (χ2v) is 7.48. The molecule has 26 heavy (non-hydrogen) atoms. The van der Waals surface area contributed by atoms with Gasteiger partial charge in [-0.15, -0.1) is 13.2 Å². The van der Waals surface area contributed by atoms with Crippen molar-refractivity contribution in [3.63, 3.8) is 0 Å². The molecule has 0 atom stereocenters. The van der Waals surface area contributed by atoms with Crippen molar-refractivity contribution < 1.29 is 17.9 Å². The van der Waals surface area contributed by atoms with Gasteiger partial charge in [-0.25, -0.2) is 0 Å². The average Bonchev–Trinajstić information content (AvgIpc) is 2.60. The predicted octanol–water partition coefficient (Wildman–Crippen LogP) is 7.77. The highest BCUT2D eigenvalue weighted by atomic mass is 19.4. The van der Waals surface area contributed by atoms with Crippen molar-refractivity contribution in [2.75, 3.05) is 0 Å². The Morgan fingerprint density at radius 3 is 2.15 bits per heavy atom. The van der Waals surface area contributed by atoms with Crippen LogP contribution in [0.1, 0.15) is 76.7 Å². The van der Waals surface area contributed by atoms with E-state index in [2.05, 4.69) is 17.7 Å². The number of hydrogen-bond acceptors (Lipinski definition) is 1. The molecule has 4 heteroatoms. The first-order valence-corrected chi connectivity index (χ1v) is 9.98. The van der Waals surface area contributed by atoms with Crippen LogP contribution in [-0.2, 0) is 0 Å². The summed E-state index contributed by atoms with van der Waals surface area (Å²) in [4.78, 5) is 0. The third-order valence-electron chi connectivity index (χ3n) is 5.35. The number of alkyl halides is 3. The maximum atomic E-state index is 12.1. The normalized spacial score (nSPS) is 21.2. The third-order valence-corrected chi connectivity index (χ3v) is 5.35. The molecule has 1 fully saturated rings. The molecule has 0 heterocycles. The molecule has 1 aliphatic carbocycles. The third kappa shape index (κ3) is 8.29. The van der Waals surface area contributed by atoms with Crippen LogP contribution >= 0.6 is 0 Å². The SMILES string of the molecule is CCCCCC1CCC(CCC=Cc2ccc(OC(F)(F)F)cc2)CC1. The lowest BCUT2D eigenvalue weighted by Crippen LogP contribution is -2.16. The summed E-state index contributed by atoms with van der Waals surface area (Å²) >= 11 is 0. The number of allylic oxidation sites excluding steroid dienone is 1. The summed E-state index contributed by atoms with van der Waals surface area (Å²) in [7, 11) is 0. The second-order valence-electron chi connectivity index (χ2n) is 7.48. The smallest absolute Gasteiger partial charge is 0.406 e. The van der Waals surface area contributed by atoms with Crippen molar-refractivity contribution in [3.8, 4) is 5.75 Å². The van der Waals surface area contributed by atoms with Crippen molar-refractivity contribution in [2.24, 2.45) is 11.8 Å². The number of hydrogen-bond donors (Lipinski definition) is 0. The minimum Gasteiger partial charge on any atom is -0.406 e. The molecule has 0 bridgehead atoms. The largest absolute Gasteiger partial charge is 0.573 e. The van der Waals surface area contributed by atoms with Gasteiger partial charge in [0.15, 0.2) is 0 Å². The molecule has 146 valence electrons. The van der Waals surface area contributed by atoms with E-state index in [0.29, 0.717) is 0 Å². The van der Waals surface area contributed by atoms with E-state index in [-0.39, 0.29) is 5.75 Å². The lowest BCUT2D eigenvalue weighted by molar-refractivity contribution is -0.274. The molecule has 1 saturated carbocycles. The van der Waals surface area contributed by atoms with Gasteiger partial charge in [0.1, 0.15) is 5.75 Å². The van der Waals surface area contributed by atoms with E-state index in [9.17, 15) is 13.2 Å². The first kappa shape index (κ1) is 20.9. The van der Waals surface area contributed by atoms with Crippen molar-refractivity contribution in [2.45, 2.75) is 77.5 Å². The molecule has 0 aromatic heterocycles. The molecular formula is C22H31F3O. The highest BCUT2D eigenvalue weighted by Crippen LogP contribution is 2.34. The molecule has 1 aromatic rings. The zero-order valence-electron chi connectivity index (χ0n) is 15.7. The van der Waals surface area contributed by atoms with Crippen molar-refractivity contribution in [1.29, 1.82) is 0 Å². The zero-order valence-corrected chi connectivity index (χ0v) is 15.7.